The molecular formula is C12H15NO2. The van der Waals surface area contributed by atoms with Crippen LogP contribution in [0.3, 0.4) is 0 Å². The zero-order valence-corrected chi connectivity index (χ0v) is 9.04. The monoisotopic (exact) mass is 205 g/mol. The van der Waals surface area contributed by atoms with Crippen molar-refractivity contribution in [3.05, 3.63) is 23.8 Å². The van der Waals surface area contributed by atoms with E-state index in [9.17, 15) is 4.79 Å². The fourth-order valence-corrected chi connectivity index (χ4v) is 1.63. The maximum atomic E-state index is 11.1. The molecule has 1 aromatic carbocycles. The molecule has 0 aliphatic carbocycles. The predicted molar refractivity (Wildman–Crippen MR) is 59.3 cm³/mol. The van der Waals surface area contributed by atoms with Crippen LogP contribution in [0.1, 0.15) is 31.7 Å². The summed E-state index contributed by atoms with van der Waals surface area (Å²) < 4.78 is 5.36. The molecule has 15 heavy (non-hydrogen) atoms. The Morgan fingerprint density at radius 1 is 1.53 bits per heavy atom. The Hall–Kier alpha value is -1.51. The van der Waals surface area contributed by atoms with Crippen molar-refractivity contribution in [2.24, 2.45) is 0 Å². The van der Waals surface area contributed by atoms with Gasteiger partial charge in [-0.1, -0.05) is 19.9 Å². The summed E-state index contributed by atoms with van der Waals surface area (Å²) in [4.78, 5) is 11.1. The molecule has 0 saturated carbocycles. The van der Waals surface area contributed by atoms with Gasteiger partial charge in [0.1, 0.15) is 5.75 Å². The van der Waals surface area contributed by atoms with Gasteiger partial charge in [-0.15, -0.1) is 0 Å². The zero-order chi connectivity index (χ0) is 10.8. The van der Waals surface area contributed by atoms with E-state index in [-0.39, 0.29) is 12.5 Å². The Balaban J connectivity index is 2.30. The highest BCUT2D eigenvalue weighted by molar-refractivity contribution is 5.95. The van der Waals surface area contributed by atoms with Crippen LogP contribution in [0.2, 0.25) is 0 Å². The number of hydrogen-bond donors (Lipinski definition) is 1. The Morgan fingerprint density at radius 3 is 3.07 bits per heavy atom. The Labute approximate surface area is 89.4 Å². The molecule has 3 nitrogen and oxygen atoms in total. The van der Waals surface area contributed by atoms with Crippen LogP contribution in [0, 0.1) is 0 Å². The molecule has 0 saturated heterocycles. The van der Waals surface area contributed by atoms with Crippen molar-refractivity contribution in [2.75, 3.05) is 11.9 Å². The topological polar surface area (TPSA) is 38.3 Å². The third kappa shape index (κ3) is 1.96. The molecule has 0 radical (unpaired) electrons. The number of anilines is 1. The lowest BCUT2D eigenvalue weighted by Crippen LogP contribution is -2.25. The van der Waals surface area contributed by atoms with Gasteiger partial charge in [-0.05, 0) is 30.0 Å². The number of nitrogens with one attached hydrogen (secondary N) is 1. The van der Waals surface area contributed by atoms with E-state index in [2.05, 4.69) is 19.2 Å². The molecule has 0 aromatic heterocycles. The average molecular weight is 205 g/mol. The van der Waals surface area contributed by atoms with E-state index in [1.165, 1.54) is 5.56 Å². The molecule has 1 atom stereocenters. The lowest BCUT2D eigenvalue weighted by Gasteiger charge is -2.19. The fourth-order valence-electron chi connectivity index (χ4n) is 1.63. The first kappa shape index (κ1) is 10.0. The minimum atomic E-state index is -0.0845. The molecule has 1 N–H and O–H groups in total. The van der Waals surface area contributed by atoms with Crippen molar-refractivity contribution >= 4 is 11.6 Å². The molecule has 1 heterocycles. The molecule has 1 aliphatic heterocycles. The van der Waals surface area contributed by atoms with Crippen LogP contribution in [0.15, 0.2) is 18.2 Å². The molecule has 1 amide bonds. The number of amides is 1. The number of fused-ring (bicyclic) bond motifs is 1. The van der Waals surface area contributed by atoms with E-state index in [4.69, 9.17) is 4.74 Å². The van der Waals surface area contributed by atoms with Gasteiger partial charge in [0.05, 0.1) is 5.69 Å². The summed E-state index contributed by atoms with van der Waals surface area (Å²) in [6, 6.07) is 5.97. The van der Waals surface area contributed by atoms with Crippen LogP contribution >= 0.6 is 0 Å². The average Bonchev–Trinajstić information content (AvgIpc) is 2.27. The SMILES string of the molecule is CCC(C)c1ccc2c(c1)OCC(=O)N2. The van der Waals surface area contributed by atoms with Gasteiger partial charge in [0, 0.05) is 0 Å². The van der Waals surface area contributed by atoms with Gasteiger partial charge in [-0.2, -0.15) is 0 Å². The first-order valence-corrected chi connectivity index (χ1v) is 5.27. The van der Waals surface area contributed by atoms with Gasteiger partial charge in [0.15, 0.2) is 6.61 Å². The summed E-state index contributed by atoms with van der Waals surface area (Å²) in [6.07, 6.45) is 1.10. The molecular weight excluding hydrogens is 190 g/mol. The van der Waals surface area contributed by atoms with Crippen LogP contribution in [0.4, 0.5) is 5.69 Å². The predicted octanol–water partition coefficient (Wildman–Crippen LogP) is 2.53. The van der Waals surface area contributed by atoms with Crippen molar-refractivity contribution in [3.8, 4) is 5.75 Å². The van der Waals surface area contributed by atoms with Crippen LogP contribution in [-0.2, 0) is 4.79 Å². The molecule has 1 aliphatic rings. The summed E-state index contributed by atoms with van der Waals surface area (Å²) >= 11 is 0. The first-order chi connectivity index (χ1) is 7.20. The van der Waals surface area contributed by atoms with Gasteiger partial charge < -0.3 is 10.1 Å². The van der Waals surface area contributed by atoms with E-state index >= 15 is 0 Å². The zero-order valence-electron chi connectivity index (χ0n) is 9.04. The van der Waals surface area contributed by atoms with E-state index in [0.717, 1.165) is 17.9 Å². The summed E-state index contributed by atoms with van der Waals surface area (Å²) in [5.74, 6) is 1.22. The van der Waals surface area contributed by atoms with E-state index < -0.39 is 0 Å². The second-order valence-electron chi connectivity index (χ2n) is 3.90. The molecule has 1 aromatic rings. The highest BCUT2D eigenvalue weighted by Gasteiger charge is 2.16. The standard InChI is InChI=1S/C12H15NO2/c1-3-8(2)9-4-5-10-11(6-9)15-7-12(14)13-10/h4-6,8H,3,7H2,1-2H3,(H,13,14). The lowest BCUT2D eigenvalue weighted by molar-refractivity contribution is -0.118. The van der Waals surface area contributed by atoms with Gasteiger partial charge in [0.2, 0.25) is 0 Å². The van der Waals surface area contributed by atoms with Gasteiger partial charge >= 0.3 is 0 Å². The number of hydrogen-bond acceptors (Lipinski definition) is 2. The van der Waals surface area contributed by atoms with Crippen molar-refractivity contribution in [1.29, 1.82) is 0 Å². The molecule has 80 valence electrons. The second kappa shape index (κ2) is 3.93. The van der Waals surface area contributed by atoms with Gasteiger partial charge in [-0.3, -0.25) is 4.79 Å². The molecule has 3 heteroatoms. The number of ether oxygens (including phenoxy) is 1. The minimum absolute atomic E-state index is 0.0845. The first-order valence-electron chi connectivity index (χ1n) is 5.27. The quantitative estimate of drug-likeness (QED) is 0.805. The molecule has 0 fully saturated rings. The van der Waals surface area contributed by atoms with Crippen LogP contribution < -0.4 is 10.1 Å². The fraction of sp³-hybridized carbons (Fsp3) is 0.417. The lowest BCUT2D eigenvalue weighted by atomic mass is 9.98. The Bertz CT molecular complexity index is 387. The summed E-state index contributed by atoms with van der Waals surface area (Å²) in [5.41, 5.74) is 2.03. The molecule has 2 rings (SSSR count). The smallest absolute Gasteiger partial charge is 0.262 e. The highest BCUT2D eigenvalue weighted by atomic mass is 16.5. The maximum Gasteiger partial charge on any atom is 0.262 e. The van der Waals surface area contributed by atoms with E-state index in [1.54, 1.807) is 0 Å². The van der Waals surface area contributed by atoms with E-state index in [1.807, 2.05) is 18.2 Å². The van der Waals surface area contributed by atoms with E-state index in [0.29, 0.717) is 5.92 Å². The minimum Gasteiger partial charge on any atom is -0.482 e. The second-order valence-corrected chi connectivity index (χ2v) is 3.90. The summed E-state index contributed by atoms with van der Waals surface area (Å²) in [5, 5.41) is 2.78. The highest BCUT2D eigenvalue weighted by Crippen LogP contribution is 2.31. The number of carbonyl (C=O) groups is 1. The largest absolute Gasteiger partial charge is 0.482 e. The summed E-state index contributed by atoms with van der Waals surface area (Å²) in [6.45, 7) is 4.47. The number of benzene rings is 1. The van der Waals surface area contributed by atoms with Crippen molar-refractivity contribution < 1.29 is 9.53 Å². The molecule has 1 unspecified atom stereocenters. The molecule has 0 spiro atoms. The van der Waals surface area contributed by atoms with Crippen LogP contribution in [-0.4, -0.2) is 12.5 Å². The van der Waals surface area contributed by atoms with Crippen LogP contribution in [0.5, 0.6) is 5.75 Å². The van der Waals surface area contributed by atoms with Gasteiger partial charge in [-0.25, -0.2) is 0 Å². The van der Waals surface area contributed by atoms with Crippen molar-refractivity contribution in [2.45, 2.75) is 26.2 Å². The Morgan fingerprint density at radius 2 is 2.33 bits per heavy atom. The number of rotatable bonds is 2. The van der Waals surface area contributed by atoms with Crippen molar-refractivity contribution in [1.82, 2.24) is 0 Å². The molecule has 0 bridgehead atoms. The van der Waals surface area contributed by atoms with Gasteiger partial charge in [0.25, 0.3) is 5.91 Å². The Kier molecular flexibility index (Phi) is 2.62. The third-order valence-electron chi connectivity index (χ3n) is 2.82. The normalized spacial score (nSPS) is 16.3. The van der Waals surface area contributed by atoms with Crippen LogP contribution in [0.25, 0.3) is 0 Å². The summed E-state index contributed by atoms with van der Waals surface area (Å²) in [7, 11) is 0. The third-order valence-corrected chi connectivity index (χ3v) is 2.82. The maximum absolute atomic E-state index is 11.1. The van der Waals surface area contributed by atoms with Crippen molar-refractivity contribution in [3.63, 3.8) is 0 Å². The number of carbonyl (C=O) groups excluding carboxylic acids is 1.